The van der Waals surface area contributed by atoms with Gasteiger partial charge in [-0.3, -0.25) is 9.59 Å². The molecule has 0 saturated carbocycles. The SMILES string of the molecule is CC(CC(=O)c1ccccc1)c1ccc(C(C)CC(=O)c2ccccc2)[nH]1. The summed E-state index contributed by atoms with van der Waals surface area (Å²) in [7, 11) is 0. The second kappa shape index (κ2) is 8.63. The molecule has 1 heterocycles. The van der Waals surface area contributed by atoms with E-state index in [1.54, 1.807) is 0 Å². The highest BCUT2D eigenvalue weighted by Crippen LogP contribution is 2.26. The van der Waals surface area contributed by atoms with Gasteiger partial charge in [0, 0.05) is 47.2 Å². The van der Waals surface area contributed by atoms with E-state index in [0.29, 0.717) is 12.8 Å². The molecule has 0 bridgehead atoms. The van der Waals surface area contributed by atoms with E-state index < -0.39 is 0 Å². The van der Waals surface area contributed by atoms with Crippen molar-refractivity contribution in [2.75, 3.05) is 0 Å². The second-order valence-electron chi connectivity index (χ2n) is 7.16. The molecule has 0 aliphatic rings. The molecule has 2 aromatic carbocycles. The molecule has 0 amide bonds. The molecule has 27 heavy (non-hydrogen) atoms. The molecule has 1 N–H and O–H groups in total. The number of rotatable bonds is 8. The molecule has 0 spiro atoms. The van der Waals surface area contributed by atoms with Gasteiger partial charge in [0.05, 0.1) is 0 Å². The van der Waals surface area contributed by atoms with Crippen molar-refractivity contribution < 1.29 is 9.59 Å². The summed E-state index contributed by atoms with van der Waals surface area (Å²) in [6.07, 6.45) is 0.919. The zero-order valence-electron chi connectivity index (χ0n) is 15.8. The summed E-state index contributed by atoms with van der Waals surface area (Å²) < 4.78 is 0. The van der Waals surface area contributed by atoms with Crippen molar-refractivity contribution >= 4 is 11.6 Å². The van der Waals surface area contributed by atoms with Crippen LogP contribution in [-0.4, -0.2) is 16.6 Å². The van der Waals surface area contributed by atoms with E-state index in [0.717, 1.165) is 22.5 Å². The third kappa shape index (κ3) is 4.82. The minimum Gasteiger partial charge on any atom is -0.362 e. The van der Waals surface area contributed by atoms with Crippen molar-refractivity contribution in [1.29, 1.82) is 0 Å². The van der Waals surface area contributed by atoms with E-state index in [1.807, 2.05) is 72.8 Å². The van der Waals surface area contributed by atoms with Crippen LogP contribution in [0.15, 0.2) is 72.8 Å². The van der Waals surface area contributed by atoms with Gasteiger partial charge in [0.1, 0.15) is 0 Å². The van der Waals surface area contributed by atoms with Gasteiger partial charge in [-0.2, -0.15) is 0 Å². The lowest BCUT2D eigenvalue weighted by molar-refractivity contribution is 0.0968. The van der Waals surface area contributed by atoms with E-state index in [1.165, 1.54) is 0 Å². The molecule has 3 rings (SSSR count). The van der Waals surface area contributed by atoms with Crippen molar-refractivity contribution in [2.24, 2.45) is 0 Å². The van der Waals surface area contributed by atoms with Crippen LogP contribution >= 0.6 is 0 Å². The molecule has 1 aromatic heterocycles. The molecule has 3 nitrogen and oxygen atoms in total. The number of hydrogen-bond donors (Lipinski definition) is 1. The number of hydrogen-bond acceptors (Lipinski definition) is 2. The molecule has 3 heteroatoms. The Morgan fingerprint density at radius 1 is 0.667 bits per heavy atom. The maximum atomic E-state index is 12.4. The zero-order chi connectivity index (χ0) is 19.2. The number of H-pyrrole nitrogens is 1. The Hall–Kier alpha value is -2.94. The fourth-order valence-corrected chi connectivity index (χ4v) is 3.26. The summed E-state index contributed by atoms with van der Waals surface area (Å²) in [5.41, 5.74) is 3.57. The zero-order valence-corrected chi connectivity index (χ0v) is 15.8. The van der Waals surface area contributed by atoms with Gasteiger partial charge in [0.25, 0.3) is 0 Å². The van der Waals surface area contributed by atoms with Crippen LogP contribution in [0.5, 0.6) is 0 Å². The van der Waals surface area contributed by atoms with Gasteiger partial charge in [-0.05, 0) is 12.1 Å². The van der Waals surface area contributed by atoms with Crippen LogP contribution in [0.2, 0.25) is 0 Å². The van der Waals surface area contributed by atoms with Crippen molar-refractivity contribution in [1.82, 2.24) is 4.98 Å². The van der Waals surface area contributed by atoms with Gasteiger partial charge in [0.2, 0.25) is 0 Å². The molecule has 138 valence electrons. The van der Waals surface area contributed by atoms with Crippen LogP contribution in [0.3, 0.4) is 0 Å². The molecular formula is C24H25NO2. The highest BCUT2D eigenvalue weighted by Gasteiger charge is 2.18. The van der Waals surface area contributed by atoms with Gasteiger partial charge < -0.3 is 4.98 Å². The fraction of sp³-hybridized carbons (Fsp3) is 0.250. The van der Waals surface area contributed by atoms with Crippen LogP contribution in [0.1, 0.15) is 70.6 Å². The highest BCUT2D eigenvalue weighted by atomic mass is 16.1. The van der Waals surface area contributed by atoms with Crippen molar-refractivity contribution in [2.45, 2.75) is 38.5 Å². The molecule has 0 fully saturated rings. The predicted octanol–water partition coefficient (Wildman–Crippen LogP) is 5.77. The first-order chi connectivity index (χ1) is 13.0. The number of nitrogens with one attached hydrogen (secondary N) is 1. The number of aromatic nitrogens is 1. The van der Waals surface area contributed by atoms with Crippen LogP contribution in [0.4, 0.5) is 0 Å². The highest BCUT2D eigenvalue weighted by molar-refractivity contribution is 5.97. The number of ketones is 2. The normalized spacial score (nSPS) is 13.1. The van der Waals surface area contributed by atoms with Crippen LogP contribution in [0.25, 0.3) is 0 Å². The summed E-state index contributed by atoms with van der Waals surface area (Å²) in [4.78, 5) is 28.2. The Labute approximate surface area is 160 Å². The molecule has 0 aliphatic heterocycles. The van der Waals surface area contributed by atoms with E-state index >= 15 is 0 Å². The lowest BCUT2D eigenvalue weighted by Crippen LogP contribution is -2.07. The standard InChI is InChI=1S/C24H25NO2/c1-17(15-23(26)19-9-5-3-6-10-19)21-13-14-22(25-21)18(2)16-24(27)20-11-7-4-8-12-20/h3-14,17-18,25H,15-16H2,1-2H3. The molecule has 2 unspecified atom stereocenters. The fourth-order valence-electron chi connectivity index (χ4n) is 3.26. The molecular weight excluding hydrogens is 334 g/mol. The van der Waals surface area contributed by atoms with Crippen molar-refractivity contribution in [3.05, 3.63) is 95.3 Å². The lowest BCUT2D eigenvalue weighted by atomic mass is 9.97. The van der Waals surface area contributed by atoms with E-state index in [2.05, 4.69) is 18.8 Å². The van der Waals surface area contributed by atoms with E-state index in [4.69, 9.17) is 0 Å². The largest absolute Gasteiger partial charge is 0.362 e. The van der Waals surface area contributed by atoms with Crippen molar-refractivity contribution in [3.8, 4) is 0 Å². The minimum absolute atomic E-state index is 0.100. The Morgan fingerprint density at radius 2 is 1.04 bits per heavy atom. The van der Waals surface area contributed by atoms with Crippen LogP contribution < -0.4 is 0 Å². The first-order valence-electron chi connectivity index (χ1n) is 9.40. The number of benzene rings is 2. The third-order valence-corrected chi connectivity index (χ3v) is 4.97. The van der Waals surface area contributed by atoms with Gasteiger partial charge in [-0.1, -0.05) is 74.5 Å². The van der Waals surface area contributed by atoms with E-state index in [-0.39, 0.29) is 23.4 Å². The molecule has 0 saturated heterocycles. The van der Waals surface area contributed by atoms with Crippen molar-refractivity contribution in [3.63, 3.8) is 0 Å². The van der Waals surface area contributed by atoms with Crippen LogP contribution in [-0.2, 0) is 0 Å². The Morgan fingerprint density at radius 3 is 1.41 bits per heavy atom. The quantitative estimate of drug-likeness (QED) is 0.519. The van der Waals surface area contributed by atoms with E-state index in [9.17, 15) is 9.59 Å². The Bertz CT molecular complexity index is 822. The molecule has 2 atom stereocenters. The smallest absolute Gasteiger partial charge is 0.163 e. The predicted molar refractivity (Wildman–Crippen MR) is 108 cm³/mol. The summed E-state index contributed by atoms with van der Waals surface area (Å²) >= 11 is 0. The minimum atomic E-state index is 0.100. The average Bonchev–Trinajstić information content (AvgIpc) is 3.20. The Balaban J connectivity index is 1.61. The average molecular weight is 359 g/mol. The van der Waals surface area contributed by atoms with Gasteiger partial charge in [0.15, 0.2) is 11.6 Å². The summed E-state index contributed by atoms with van der Waals surface area (Å²) in [5.74, 6) is 0.491. The second-order valence-corrected chi connectivity index (χ2v) is 7.16. The number of carbonyl (C=O) groups excluding carboxylic acids is 2. The van der Waals surface area contributed by atoms with Crippen LogP contribution in [0, 0.1) is 0 Å². The van der Waals surface area contributed by atoms with Gasteiger partial charge >= 0.3 is 0 Å². The molecule has 3 aromatic rings. The lowest BCUT2D eigenvalue weighted by Gasteiger charge is -2.11. The summed E-state index contributed by atoms with van der Waals surface area (Å²) in [6, 6.07) is 22.8. The maximum Gasteiger partial charge on any atom is 0.163 e. The number of aromatic amines is 1. The first kappa shape index (κ1) is 18.8. The Kier molecular flexibility index (Phi) is 6.02. The molecule has 0 radical (unpaired) electrons. The maximum absolute atomic E-state index is 12.4. The monoisotopic (exact) mass is 359 g/mol. The molecule has 0 aliphatic carbocycles. The van der Waals surface area contributed by atoms with Gasteiger partial charge in [-0.25, -0.2) is 0 Å². The summed E-state index contributed by atoms with van der Waals surface area (Å²) in [5, 5.41) is 0. The van der Waals surface area contributed by atoms with Gasteiger partial charge in [-0.15, -0.1) is 0 Å². The third-order valence-electron chi connectivity index (χ3n) is 4.97. The first-order valence-corrected chi connectivity index (χ1v) is 9.40. The number of carbonyl (C=O) groups is 2. The number of Topliss-reactive ketones (excluding diaryl/α,β-unsaturated/α-hetero) is 2. The summed E-state index contributed by atoms with van der Waals surface area (Å²) in [6.45, 7) is 4.10. The topological polar surface area (TPSA) is 49.9 Å².